The molecule has 0 radical (unpaired) electrons. The Hall–Kier alpha value is -2.20. The van der Waals surface area contributed by atoms with Gasteiger partial charge >= 0.3 is 5.69 Å². The average molecular weight is 314 g/mol. The molecule has 11 heteroatoms. The number of alkyl halides is 1. The lowest BCUT2D eigenvalue weighted by atomic mass is 10.1. The number of hydrogen-bond donors (Lipinski definition) is 2. The fourth-order valence-corrected chi connectivity index (χ4v) is 2.13. The van der Waals surface area contributed by atoms with Crippen molar-refractivity contribution in [2.24, 2.45) is 5.11 Å². The third-order valence-electron chi connectivity index (χ3n) is 3.35. The van der Waals surface area contributed by atoms with Crippen molar-refractivity contribution in [2.75, 3.05) is 25.6 Å². The summed E-state index contributed by atoms with van der Waals surface area (Å²) in [7, 11) is 3.36. The van der Waals surface area contributed by atoms with Gasteiger partial charge in [-0.3, -0.25) is 4.57 Å². The lowest BCUT2D eigenvalue weighted by molar-refractivity contribution is -0.124. The predicted octanol–water partition coefficient (Wildman–Crippen LogP) is -0.464. The number of nitrogens with zero attached hydrogens (tertiary/aromatic N) is 6. The van der Waals surface area contributed by atoms with Crippen LogP contribution in [0.3, 0.4) is 0 Å². The Bertz CT molecular complexity index is 660. The van der Waals surface area contributed by atoms with Crippen molar-refractivity contribution in [1.29, 1.82) is 0 Å². The van der Waals surface area contributed by atoms with E-state index in [2.05, 4.69) is 15.0 Å². The zero-order valence-electron chi connectivity index (χ0n) is 11.9. The molecule has 1 aromatic rings. The number of rotatable bonds is 4. The van der Waals surface area contributed by atoms with E-state index in [0.717, 1.165) is 4.57 Å². The summed E-state index contributed by atoms with van der Waals surface area (Å²) in [6.45, 7) is -0.937. The van der Waals surface area contributed by atoms with Crippen molar-refractivity contribution in [3.8, 4) is 0 Å². The van der Waals surface area contributed by atoms with Gasteiger partial charge in [-0.1, -0.05) is 5.11 Å². The second-order valence-corrected chi connectivity index (χ2v) is 4.96. The van der Waals surface area contributed by atoms with E-state index in [1.54, 1.807) is 19.0 Å². The Morgan fingerprint density at radius 2 is 2.36 bits per heavy atom. The van der Waals surface area contributed by atoms with Crippen molar-refractivity contribution < 1.29 is 19.3 Å². The van der Waals surface area contributed by atoms with E-state index in [4.69, 9.17) is 10.3 Å². The van der Waals surface area contributed by atoms with Gasteiger partial charge in [-0.15, -0.1) is 0 Å². The number of halogens is 1. The number of ether oxygens (including phenoxy) is 1. The van der Waals surface area contributed by atoms with E-state index in [9.17, 15) is 19.4 Å². The summed E-state index contributed by atoms with van der Waals surface area (Å²) in [5.74, 6) is 0.360. The molecule has 0 bridgehead atoms. The first-order valence-electron chi connectivity index (χ1n) is 6.30. The van der Waals surface area contributed by atoms with Crippen molar-refractivity contribution >= 4 is 5.82 Å². The molecule has 0 aliphatic carbocycles. The molecule has 0 unspecified atom stereocenters. The number of hydrogen-bond acceptors (Lipinski definition) is 7. The largest absolute Gasteiger partial charge is 0.393 e. The van der Waals surface area contributed by atoms with Crippen LogP contribution in [0.15, 0.2) is 22.2 Å². The fraction of sp³-hybridized carbons (Fsp3) is 0.636. The van der Waals surface area contributed by atoms with Gasteiger partial charge in [0.25, 0.3) is 0 Å². The van der Waals surface area contributed by atoms with E-state index < -0.39 is 36.5 Å². The third-order valence-corrected chi connectivity index (χ3v) is 3.35. The highest BCUT2D eigenvalue weighted by molar-refractivity contribution is 5.33. The highest BCUT2D eigenvalue weighted by Crippen LogP contribution is 2.39. The first-order valence-corrected chi connectivity index (χ1v) is 6.30. The average Bonchev–Trinajstić information content (AvgIpc) is 2.73. The first kappa shape index (κ1) is 16.2. The van der Waals surface area contributed by atoms with Crippen LogP contribution in [0.4, 0.5) is 10.2 Å². The van der Waals surface area contributed by atoms with Crippen LogP contribution < -0.4 is 10.6 Å². The van der Waals surface area contributed by atoms with Crippen LogP contribution in [-0.2, 0) is 4.74 Å². The molecule has 0 saturated carbocycles. The number of anilines is 1. The second-order valence-electron chi connectivity index (χ2n) is 4.96. The third kappa shape index (κ3) is 2.50. The molecule has 1 aromatic heterocycles. The van der Waals surface area contributed by atoms with Gasteiger partial charge in [0.1, 0.15) is 11.9 Å². The zero-order chi connectivity index (χ0) is 16.5. The Morgan fingerprint density at radius 3 is 2.86 bits per heavy atom. The smallest absolute Gasteiger partial charge is 0.351 e. The molecule has 1 saturated heterocycles. The van der Waals surface area contributed by atoms with Crippen molar-refractivity contribution in [3.63, 3.8) is 0 Å². The number of aromatic nitrogens is 2. The Kier molecular flexibility index (Phi) is 4.33. The van der Waals surface area contributed by atoms with E-state index in [-0.39, 0.29) is 0 Å². The van der Waals surface area contributed by atoms with Gasteiger partial charge in [0.15, 0.2) is 12.4 Å². The monoisotopic (exact) mass is 314 g/mol. The van der Waals surface area contributed by atoms with Crippen molar-refractivity contribution in [1.82, 2.24) is 9.55 Å². The second kappa shape index (κ2) is 5.89. The van der Waals surface area contributed by atoms with E-state index in [1.807, 2.05) is 0 Å². The summed E-state index contributed by atoms with van der Waals surface area (Å²) in [6, 6.07) is 1.45. The van der Waals surface area contributed by atoms with Gasteiger partial charge in [0.05, 0.1) is 6.61 Å². The van der Waals surface area contributed by atoms with Crippen molar-refractivity contribution in [2.45, 2.75) is 24.2 Å². The van der Waals surface area contributed by atoms with Crippen LogP contribution in [0, 0.1) is 0 Å². The SMILES string of the molecule is CN(C)c1ccn([C@@H]2O[C@@](CO)(N=[N+]=[N-])[C@@H](O)[C@@H]2F)c(=O)n1. The quantitative estimate of drug-likeness (QED) is 0.438. The van der Waals surface area contributed by atoms with E-state index in [0.29, 0.717) is 5.82 Å². The Labute approximate surface area is 124 Å². The molecule has 120 valence electrons. The fourth-order valence-electron chi connectivity index (χ4n) is 2.13. The Balaban J connectivity index is 2.42. The molecular formula is C11H15FN6O4. The summed E-state index contributed by atoms with van der Waals surface area (Å²) >= 11 is 0. The molecule has 0 spiro atoms. The maximum atomic E-state index is 14.2. The lowest BCUT2D eigenvalue weighted by Crippen LogP contribution is -2.43. The highest BCUT2D eigenvalue weighted by Gasteiger charge is 2.56. The molecule has 1 fully saturated rings. The van der Waals surface area contributed by atoms with E-state index >= 15 is 0 Å². The van der Waals surface area contributed by atoms with Gasteiger partial charge in [0, 0.05) is 25.2 Å². The number of aliphatic hydroxyl groups is 2. The predicted molar refractivity (Wildman–Crippen MR) is 72.8 cm³/mol. The van der Waals surface area contributed by atoms with Gasteiger partial charge in [0.2, 0.25) is 5.72 Å². The van der Waals surface area contributed by atoms with Crippen LogP contribution in [0.5, 0.6) is 0 Å². The van der Waals surface area contributed by atoms with Crippen LogP contribution in [0.1, 0.15) is 6.23 Å². The Morgan fingerprint density at radius 1 is 1.68 bits per heavy atom. The van der Waals surface area contributed by atoms with Crippen LogP contribution >= 0.6 is 0 Å². The normalized spacial score (nSPS) is 30.9. The number of aliphatic hydroxyl groups excluding tert-OH is 2. The first-order chi connectivity index (χ1) is 10.4. The molecule has 4 atom stereocenters. The summed E-state index contributed by atoms with van der Waals surface area (Å²) < 4.78 is 20.2. The molecule has 2 N–H and O–H groups in total. The van der Waals surface area contributed by atoms with Crippen LogP contribution in [-0.4, -0.2) is 58.5 Å². The van der Waals surface area contributed by atoms with Gasteiger partial charge < -0.3 is 19.8 Å². The minimum absolute atomic E-state index is 0.360. The molecule has 2 rings (SSSR count). The van der Waals surface area contributed by atoms with Crippen molar-refractivity contribution in [3.05, 3.63) is 33.2 Å². The van der Waals surface area contributed by atoms with E-state index in [1.165, 1.54) is 12.3 Å². The van der Waals surface area contributed by atoms with Crippen LogP contribution in [0.25, 0.3) is 10.4 Å². The van der Waals surface area contributed by atoms with Gasteiger partial charge in [-0.05, 0) is 11.6 Å². The summed E-state index contributed by atoms with van der Waals surface area (Å²) in [6.07, 6.45) is -4.32. The highest BCUT2D eigenvalue weighted by atomic mass is 19.1. The minimum atomic E-state index is -2.18. The molecular weight excluding hydrogens is 299 g/mol. The summed E-state index contributed by atoms with van der Waals surface area (Å²) in [5.41, 5.74) is 5.50. The summed E-state index contributed by atoms with van der Waals surface area (Å²) in [4.78, 5) is 19.7. The van der Waals surface area contributed by atoms with Crippen LogP contribution in [0.2, 0.25) is 0 Å². The molecule has 2 heterocycles. The molecule has 0 aromatic carbocycles. The lowest BCUT2D eigenvalue weighted by Gasteiger charge is -2.23. The molecule has 1 aliphatic heterocycles. The molecule has 0 amide bonds. The zero-order valence-corrected chi connectivity index (χ0v) is 11.9. The molecule has 10 nitrogen and oxygen atoms in total. The standard InChI is InChI=1S/C11H15FN6O4/c1-17(2)6-3-4-18(10(21)14-6)9-7(12)8(20)11(5-19,22-9)15-16-13/h3-4,7-9,19-20H,5H2,1-2H3/t7-,8-,9+,11+/m0/s1. The topological polar surface area (TPSA) is 137 Å². The molecule has 22 heavy (non-hydrogen) atoms. The summed E-state index contributed by atoms with van der Waals surface area (Å²) in [5, 5.41) is 22.2. The van der Waals surface area contributed by atoms with Gasteiger partial charge in [-0.2, -0.15) is 4.98 Å². The minimum Gasteiger partial charge on any atom is -0.393 e. The maximum Gasteiger partial charge on any atom is 0.351 e. The number of azide groups is 1. The molecule has 1 aliphatic rings. The van der Waals surface area contributed by atoms with Gasteiger partial charge in [-0.25, -0.2) is 9.18 Å². The maximum absolute atomic E-state index is 14.2.